The lowest BCUT2D eigenvalue weighted by Crippen LogP contribution is -1.94. The minimum absolute atomic E-state index is 0.743. The van der Waals surface area contributed by atoms with Crippen molar-refractivity contribution in [1.29, 1.82) is 0 Å². The number of aromatic nitrogens is 4. The van der Waals surface area contributed by atoms with Crippen molar-refractivity contribution in [2.75, 3.05) is 0 Å². The summed E-state index contributed by atoms with van der Waals surface area (Å²) in [5.74, 6) is 0. The molecule has 0 aliphatic rings. The topological polar surface area (TPSA) is 64.7 Å². The van der Waals surface area contributed by atoms with Gasteiger partial charge in [0, 0.05) is 47.5 Å². The fourth-order valence-electron chi connectivity index (χ4n) is 11.0. The first kappa shape index (κ1) is 46.9. The molecule has 5 heterocycles. The lowest BCUT2D eigenvalue weighted by molar-refractivity contribution is 0.668. The second-order valence-corrected chi connectivity index (χ2v) is 19.7. The summed E-state index contributed by atoms with van der Waals surface area (Å²) in [6.07, 6.45) is 7.36. The fourth-order valence-corrected chi connectivity index (χ4v) is 11.0. The number of nitrogens with zero attached hydrogens (tertiary/aromatic N) is 4. The van der Waals surface area contributed by atoms with Gasteiger partial charge in [-0.15, -0.1) is 0 Å². The number of benzene rings is 9. The molecule has 14 rings (SSSR count). The van der Waals surface area contributed by atoms with Gasteiger partial charge in [-0.25, -0.2) is 0 Å². The number of fused-ring (bicyclic) bond motifs is 3. The molecule has 0 bridgehead atoms. The molecular weight excluding hydrogens is 961 g/mol. The number of hydrogen-bond donors (Lipinski definition) is 0. The first-order valence-corrected chi connectivity index (χ1v) is 26.6. The van der Waals surface area contributed by atoms with E-state index >= 15 is 0 Å². The van der Waals surface area contributed by atoms with Gasteiger partial charge >= 0.3 is 0 Å². The van der Waals surface area contributed by atoms with Gasteiger partial charge in [0.05, 0.1) is 22.5 Å². The highest BCUT2D eigenvalue weighted by Gasteiger charge is 2.20. The second-order valence-electron chi connectivity index (χ2n) is 19.7. The van der Waals surface area contributed by atoms with E-state index in [0.29, 0.717) is 0 Å². The van der Waals surface area contributed by atoms with Gasteiger partial charge in [-0.05, 0) is 150 Å². The van der Waals surface area contributed by atoms with E-state index in [9.17, 15) is 0 Å². The third kappa shape index (κ3) is 9.15. The molecule has 9 aromatic carbocycles. The number of hydrogen-bond acceptors (Lipinski definition) is 5. The van der Waals surface area contributed by atoms with Crippen LogP contribution in [0.2, 0.25) is 0 Å². The second kappa shape index (κ2) is 20.5. The summed E-state index contributed by atoms with van der Waals surface area (Å²) in [5.41, 5.74) is 26.2. The summed E-state index contributed by atoms with van der Waals surface area (Å²) in [5, 5.41) is 0.894. The van der Waals surface area contributed by atoms with Crippen LogP contribution in [0.15, 0.2) is 296 Å². The largest absolute Gasteiger partial charge is 0.454 e. The molecule has 79 heavy (non-hydrogen) atoms. The average molecular weight is 1010 g/mol. The molecule has 0 radical (unpaired) electrons. The molecule has 0 amide bonds. The van der Waals surface area contributed by atoms with Crippen molar-refractivity contribution in [3.05, 3.63) is 292 Å². The Morgan fingerprint density at radius 3 is 1.18 bits per heavy atom. The molecule has 0 unspecified atom stereocenters. The van der Waals surface area contributed by atoms with Crippen LogP contribution in [0.4, 0.5) is 0 Å². The van der Waals surface area contributed by atoms with Crippen LogP contribution in [0, 0.1) is 0 Å². The maximum Gasteiger partial charge on any atom is 0.153 e. The summed E-state index contributed by atoms with van der Waals surface area (Å²) in [7, 11) is 0. The van der Waals surface area contributed by atoms with Crippen LogP contribution in [0.25, 0.3) is 145 Å². The summed E-state index contributed by atoms with van der Waals surface area (Å²) in [4.78, 5) is 18.9. The molecule has 0 saturated heterocycles. The van der Waals surface area contributed by atoms with Gasteiger partial charge in [0.1, 0.15) is 11.1 Å². The van der Waals surface area contributed by atoms with Crippen LogP contribution >= 0.6 is 0 Å². The summed E-state index contributed by atoms with van der Waals surface area (Å²) < 4.78 is 6.33. The SMILES string of the molecule is c1ccc(-c2ccc(-c3cc(-c4cc5oc6cccnc6c5cn4)ccc3-c3ccccc3-c3cc(-c4ccccc4-c4ccc(-c5ccccn5)cc4)cc(-c4ccccc4-c4ccc(-c5ccccn5)cc4)c3)cc2)cc1. The Labute approximate surface area is 458 Å². The number of pyridine rings is 4. The molecule has 0 aliphatic heterocycles. The first-order valence-electron chi connectivity index (χ1n) is 26.6. The average Bonchev–Trinajstić information content (AvgIpc) is 4.02. The molecule has 0 atom stereocenters. The highest BCUT2D eigenvalue weighted by Crippen LogP contribution is 2.45. The van der Waals surface area contributed by atoms with Crippen LogP contribution in [0.3, 0.4) is 0 Å². The monoisotopic (exact) mass is 1010 g/mol. The van der Waals surface area contributed by atoms with Gasteiger partial charge < -0.3 is 4.42 Å². The van der Waals surface area contributed by atoms with Gasteiger partial charge in [-0.2, -0.15) is 0 Å². The van der Waals surface area contributed by atoms with Crippen molar-refractivity contribution in [3.8, 4) is 123 Å². The smallest absolute Gasteiger partial charge is 0.153 e. The number of rotatable bonds is 11. The quantitative estimate of drug-likeness (QED) is 0.129. The van der Waals surface area contributed by atoms with Crippen molar-refractivity contribution in [3.63, 3.8) is 0 Å². The summed E-state index contributed by atoms with van der Waals surface area (Å²) >= 11 is 0. The lowest BCUT2D eigenvalue weighted by atomic mass is 9.84. The standard InChI is InChI=1S/C74H48N4O/c1-2-15-49(16-3-1)50-26-28-53(29-27-50)67-46-56(71-47-73-68(48-78-71)74-72(79-73)25-14-42-77-74)38-39-66(67)65-22-9-8-21-64(65)59-44-57(62-19-6-4-17-60(62)51-30-34-54(35-31-51)69-23-10-12-40-75-69)43-58(45-59)63-20-7-5-18-61(63)52-32-36-55(37-33-52)70-24-11-13-41-76-70/h1-48H. The zero-order valence-electron chi connectivity index (χ0n) is 42.9. The molecule has 0 N–H and O–H groups in total. The predicted octanol–water partition coefficient (Wildman–Crippen LogP) is 19.5. The van der Waals surface area contributed by atoms with Crippen molar-refractivity contribution in [1.82, 2.24) is 19.9 Å². The minimum Gasteiger partial charge on any atom is -0.454 e. The van der Waals surface area contributed by atoms with Crippen molar-refractivity contribution < 1.29 is 4.42 Å². The van der Waals surface area contributed by atoms with Crippen LogP contribution in [-0.2, 0) is 0 Å². The number of furan rings is 1. The molecule has 0 fully saturated rings. The lowest BCUT2D eigenvalue weighted by Gasteiger charge is -2.19. The molecular formula is C74H48N4O. The third-order valence-electron chi connectivity index (χ3n) is 15.0. The molecule has 5 aromatic heterocycles. The molecule has 370 valence electrons. The maximum atomic E-state index is 6.33. The third-order valence-corrected chi connectivity index (χ3v) is 15.0. The Kier molecular flexibility index (Phi) is 12.2. The molecule has 0 aliphatic carbocycles. The Bertz CT molecular complexity index is 4350. The summed E-state index contributed by atoms with van der Waals surface area (Å²) in [6.45, 7) is 0. The Hall–Kier alpha value is -10.6. The van der Waals surface area contributed by atoms with Crippen LogP contribution in [-0.4, -0.2) is 19.9 Å². The van der Waals surface area contributed by atoms with E-state index in [1.54, 1.807) is 6.20 Å². The van der Waals surface area contributed by atoms with Crippen LogP contribution < -0.4 is 0 Å². The van der Waals surface area contributed by atoms with Crippen LogP contribution in [0.5, 0.6) is 0 Å². The maximum absolute atomic E-state index is 6.33. The van der Waals surface area contributed by atoms with Crippen molar-refractivity contribution in [2.24, 2.45) is 0 Å². The first-order chi connectivity index (χ1) is 39.1. The normalized spacial score (nSPS) is 11.3. The van der Waals surface area contributed by atoms with Gasteiger partial charge in [-0.1, -0.05) is 200 Å². The Morgan fingerprint density at radius 2 is 0.633 bits per heavy atom. The zero-order chi connectivity index (χ0) is 52.5. The van der Waals surface area contributed by atoms with E-state index < -0.39 is 0 Å². The van der Waals surface area contributed by atoms with E-state index in [2.05, 4.69) is 239 Å². The van der Waals surface area contributed by atoms with Gasteiger partial charge in [0.15, 0.2) is 5.58 Å². The van der Waals surface area contributed by atoms with Crippen LogP contribution in [0.1, 0.15) is 0 Å². The predicted molar refractivity (Wildman–Crippen MR) is 325 cm³/mol. The van der Waals surface area contributed by atoms with E-state index in [4.69, 9.17) is 9.40 Å². The molecule has 0 saturated carbocycles. The summed E-state index contributed by atoms with van der Waals surface area (Å²) in [6, 6.07) is 95.2. The van der Waals surface area contributed by atoms with E-state index in [1.165, 1.54) is 5.56 Å². The molecule has 0 spiro atoms. The Balaban J connectivity index is 0.941. The highest BCUT2D eigenvalue weighted by atomic mass is 16.3. The van der Waals surface area contributed by atoms with E-state index in [0.717, 1.165) is 139 Å². The Morgan fingerprint density at radius 1 is 0.215 bits per heavy atom. The van der Waals surface area contributed by atoms with Crippen molar-refractivity contribution in [2.45, 2.75) is 0 Å². The van der Waals surface area contributed by atoms with Gasteiger partial charge in [0.25, 0.3) is 0 Å². The van der Waals surface area contributed by atoms with Gasteiger partial charge in [0.2, 0.25) is 0 Å². The van der Waals surface area contributed by atoms with E-state index in [1.807, 2.05) is 61.1 Å². The molecule has 5 nitrogen and oxygen atoms in total. The van der Waals surface area contributed by atoms with Gasteiger partial charge in [-0.3, -0.25) is 19.9 Å². The van der Waals surface area contributed by atoms with E-state index in [-0.39, 0.29) is 0 Å². The van der Waals surface area contributed by atoms with Crippen molar-refractivity contribution >= 4 is 22.1 Å². The minimum atomic E-state index is 0.743. The molecule has 5 heteroatoms. The zero-order valence-corrected chi connectivity index (χ0v) is 42.9. The highest BCUT2D eigenvalue weighted by molar-refractivity contribution is 6.03. The fraction of sp³-hybridized carbons (Fsp3) is 0. The molecule has 14 aromatic rings.